The van der Waals surface area contributed by atoms with Crippen molar-refractivity contribution >= 4 is 5.91 Å². The average molecular weight is 270 g/mol. The van der Waals surface area contributed by atoms with Gasteiger partial charge in [-0.05, 0) is 44.4 Å². The van der Waals surface area contributed by atoms with Crippen molar-refractivity contribution in [1.29, 1.82) is 0 Å². The zero-order valence-corrected chi connectivity index (χ0v) is 12.9. The number of nitrogens with two attached hydrogens (primary N) is 1. The normalized spacial score (nSPS) is 29.3. The molecule has 4 heteroatoms. The van der Waals surface area contributed by atoms with Crippen molar-refractivity contribution in [3.8, 4) is 0 Å². The summed E-state index contributed by atoms with van der Waals surface area (Å²) in [5, 5.41) is 2.96. The van der Waals surface area contributed by atoms with E-state index in [-0.39, 0.29) is 24.2 Å². The maximum absolute atomic E-state index is 11.8. The van der Waals surface area contributed by atoms with Gasteiger partial charge in [-0.25, -0.2) is 0 Å². The predicted molar refractivity (Wildman–Crippen MR) is 77.8 cm³/mol. The molecule has 19 heavy (non-hydrogen) atoms. The third-order valence-electron chi connectivity index (χ3n) is 4.46. The standard InChI is InChI=1S/C15H30N2O2/c1-11(2)13(4)17-14(18)9-19-15(10-16)7-5-12(3)6-8-15/h11-13H,5-10,16H2,1-4H3,(H,17,18). The van der Waals surface area contributed by atoms with Crippen LogP contribution >= 0.6 is 0 Å². The van der Waals surface area contributed by atoms with Gasteiger partial charge in [0.1, 0.15) is 6.61 Å². The van der Waals surface area contributed by atoms with Gasteiger partial charge in [0.2, 0.25) is 5.91 Å². The Hall–Kier alpha value is -0.610. The third-order valence-corrected chi connectivity index (χ3v) is 4.46. The molecule has 112 valence electrons. The molecule has 1 fully saturated rings. The maximum Gasteiger partial charge on any atom is 0.246 e. The van der Waals surface area contributed by atoms with Gasteiger partial charge >= 0.3 is 0 Å². The van der Waals surface area contributed by atoms with Crippen molar-refractivity contribution in [2.24, 2.45) is 17.6 Å². The molecule has 1 aliphatic carbocycles. The fraction of sp³-hybridized carbons (Fsp3) is 0.933. The molecule has 1 amide bonds. The SMILES string of the molecule is CC1CCC(CN)(OCC(=O)NC(C)C(C)C)CC1. The molecule has 1 unspecified atom stereocenters. The van der Waals surface area contributed by atoms with Crippen LogP contribution in [-0.4, -0.2) is 30.7 Å². The molecule has 1 atom stereocenters. The van der Waals surface area contributed by atoms with Gasteiger partial charge in [0.05, 0.1) is 5.60 Å². The summed E-state index contributed by atoms with van der Waals surface area (Å²) in [6, 6.07) is 0.177. The van der Waals surface area contributed by atoms with E-state index in [2.05, 4.69) is 26.1 Å². The summed E-state index contributed by atoms with van der Waals surface area (Å²) in [6.45, 7) is 9.10. The van der Waals surface area contributed by atoms with Gasteiger partial charge in [0.25, 0.3) is 0 Å². The molecule has 1 rings (SSSR count). The van der Waals surface area contributed by atoms with Crippen LogP contribution in [0.3, 0.4) is 0 Å². The second kappa shape index (κ2) is 7.25. The minimum Gasteiger partial charge on any atom is -0.364 e. The first-order valence-electron chi connectivity index (χ1n) is 7.52. The molecule has 3 N–H and O–H groups in total. The van der Waals surface area contributed by atoms with Gasteiger partial charge in [0.15, 0.2) is 0 Å². The summed E-state index contributed by atoms with van der Waals surface area (Å²) in [5.41, 5.74) is 5.59. The topological polar surface area (TPSA) is 64.3 Å². The molecule has 0 radical (unpaired) electrons. The average Bonchev–Trinajstić information content (AvgIpc) is 2.38. The van der Waals surface area contributed by atoms with E-state index in [4.69, 9.17) is 10.5 Å². The van der Waals surface area contributed by atoms with Gasteiger partial charge in [-0.15, -0.1) is 0 Å². The fourth-order valence-corrected chi connectivity index (χ4v) is 2.38. The lowest BCUT2D eigenvalue weighted by molar-refractivity contribution is -0.136. The summed E-state index contributed by atoms with van der Waals surface area (Å²) < 4.78 is 5.87. The van der Waals surface area contributed by atoms with Crippen molar-refractivity contribution in [2.45, 2.75) is 65.0 Å². The molecule has 0 aliphatic heterocycles. The van der Waals surface area contributed by atoms with Crippen molar-refractivity contribution < 1.29 is 9.53 Å². The van der Waals surface area contributed by atoms with E-state index in [9.17, 15) is 4.79 Å². The Kier molecular flexibility index (Phi) is 6.27. The Labute approximate surface area is 117 Å². The summed E-state index contributed by atoms with van der Waals surface area (Å²) in [4.78, 5) is 11.8. The van der Waals surface area contributed by atoms with Crippen LogP contribution in [0.15, 0.2) is 0 Å². The molecule has 0 bridgehead atoms. The highest BCUT2D eigenvalue weighted by molar-refractivity contribution is 5.77. The molecule has 0 heterocycles. The lowest BCUT2D eigenvalue weighted by Crippen LogP contribution is -2.47. The first-order valence-corrected chi connectivity index (χ1v) is 7.52. The number of hydrogen-bond acceptors (Lipinski definition) is 3. The highest BCUT2D eigenvalue weighted by atomic mass is 16.5. The molecule has 0 aromatic heterocycles. The maximum atomic E-state index is 11.8. The molecular formula is C15H30N2O2. The Morgan fingerprint density at radius 3 is 2.42 bits per heavy atom. The van der Waals surface area contributed by atoms with Crippen LogP contribution in [0.5, 0.6) is 0 Å². The number of amides is 1. The Bertz CT molecular complexity index is 284. The molecular weight excluding hydrogens is 240 g/mol. The van der Waals surface area contributed by atoms with E-state index in [0.717, 1.165) is 31.6 Å². The van der Waals surface area contributed by atoms with Crippen LogP contribution in [0.25, 0.3) is 0 Å². The highest BCUT2D eigenvalue weighted by Crippen LogP contribution is 2.33. The van der Waals surface area contributed by atoms with E-state index in [1.807, 2.05) is 6.92 Å². The van der Waals surface area contributed by atoms with Gasteiger partial charge in [0, 0.05) is 12.6 Å². The van der Waals surface area contributed by atoms with Crippen LogP contribution in [-0.2, 0) is 9.53 Å². The largest absolute Gasteiger partial charge is 0.364 e. The quantitative estimate of drug-likeness (QED) is 0.776. The number of carbonyl (C=O) groups is 1. The molecule has 4 nitrogen and oxygen atoms in total. The van der Waals surface area contributed by atoms with Crippen LogP contribution in [0.1, 0.15) is 53.4 Å². The first kappa shape index (κ1) is 16.4. The number of rotatable bonds is 6. The van der Waals surface area contributed by atoms with E-state index in [1.54, 1.807) is 0 Å². The molecule has 1 aliphatic rings. The van der Waals surface area contributed by atoms with Crippen molar-refractivity contribution in [3.63, 3.8) is 0 Å². The smallest absolute Gasteiger partial charge is 0.246 e. The zero-order chi connectivity index (χ0) is 14.5. The highest BCUT2D eigenvalue weighted by Gasteiger charge is 2.34. The molecule has 0 aromatic carbocycles. The Morgan fingerprint density at radius 1 is 1.37 bits per heavy atom. The number of nitrogens with one attached hydrogen (secondary N) is 1. The first-order chi connectivity index (χ1) is 8.88. The Balaban J connectivity index is 2.39. The van der Waals surface area contributed by atoms with Crippen molar-refractivity contribution in [1.82, 2.24) is 5.32 Å². The van der Waals surface area contributed by atoms with E-state index in [0.29, 0.717) is 12.5 Å². The van der Waals surface area contributed by atoms with Gasteiger partial charge in [-0.2, -0.15) is 0 Å². The van der Waals surface area contributed by atoms with Crippen LogP contribution in [0.2, 0.25) is 0 Å². The van der Waals surface area contributed by atoms with Gasteiger partial charge in [-0.3, -0.25) is 4.79 Å². The van der Waals surface area contributed by atoms with Crippen molar-refractivity contribution in [3.05, 3.63) is 0 Å². The third kappa shape index (κ3) is 5.11. The monoisotopic (exact) mass is 270 g/mol. The number of ether oxygens (including phenoxy) is 1. The van der Waals surface area contributed by atoms with E-state index in [1.165, 1.54) is 0 Å². The second-order valence-corrected chi connectivity index (χ2v) is 6.46. The van der Waals surface area contributed by atoms with Crippen molar-refractivity contribution in [2.75, 3.05) is 13.2 Å². The molecule has 1 saturated carbocycles. The molecule has 0 spiro atoms. The van der Waals surface area contributed by atoms with Gasteiger partial charge in [-0.1, -0.05) is 20.8 Å². The summed E-state index contributed by atoms with van der Waals surface area (Å²) in [7, 11) is 0. The Morgan fingerprint density at radius 2 is 1.95 bits per heavy atom. The van der Waals surface area contributed by atoms with Crippen LogP contribution < -0.4 is 11.1 Å². The minimum atomic E-state index is -0.273. The lowest BCUT2D eigenvalue weighted by Gasteiger charge is -2.38. The summed E-state index contributed by atoms with van der Waals surface area (Å²) in [6.07, 6.45) is 4.22. The predicted octanol–water partition coefficient (Wildman–Crippen LogP) is 2.07. The van der Waals surface area contributed by atoms with Gasteiger partial charge < -0.3 is 15.8 Å². The van der Waals surface area contributed by atoms with E-state index < -0.39 is 0 Å². The number of carbonyl (C=O) groups excluding carboxylic acids is 1. The fourth-order valence-electron chi connectivity index (χ4n) is 2.38. The summed E-state index contributed by atoms with van der Waals surface area (Å²) >= 11 is 0. The van der Waals surface area contributed by atoms with Crippen LogP contribution in [0.4, 0.5) is 0 Å². The zero-order valence-electron chi connectivity index (χ0n) is 12.9. The lowest BCUT2D eigenvalue weighted by atomic mass is 9.79. The number of hydrogen-bond donors (Lipinski definition) is 2. The second-order valence-electron chi connectivity index (χ2n) is 6.46. The molecule has 0 aromatic rings. The summed E-state index contributed by atoms with van der Waals surface area (Å²) in [5.74, 6) is 1.15. The minimum absolute atomic E-state index is 0.0346. The van der Waals surface area contributed by atoms with Crippen LogP contribution in [0, 0.1) is 11.8 Å². The molecule has 0 saturated heterocycles. The van der Waals surface area contributed by atoms with E-state index >= 15 is 0 Å².